The lowest BCUT2D eigenvalue weighted by Gasteiger charge is -2.42. The Balaban J connectivity index is 1.50. The predicted molar refractivity (Wildman–Crippen MR) is 145 cm³/mol. The molecule has 4 atom stereocenters. The van der Waals surface area contributed by atoms with E-state index >= 15 is 0 Å². The van der Waals surface area contributed by atoms with Crippen molar-refractivity contribution in [2.75, 3.05) is 12.0 Å². The number of hydrogen-bond acceptors (Lipinski definition) is 6. The van der Waals surface area contributed by atoms with Gasteiger partial charge in [0.2, 0.25) is 11.8 Å². The molecule has 0 saturated carbocycles. The van der Waals surface area contributed by atoms with Gasteiger partial charge in [-0.3, -0.25) is 19.2 Å². The van der Waals surface area contributed by atoms with Crippen molar-refractivity contribution in [2.45, 2.75) is 32.6 Å². The summed E-state index contributed by atoms with van der Waals surface area (Å²) in [6, 6.07) is 9.78. The van der Waals surface area contributed by atoms with Crippen molar-refractivity contribution in [2.24, 2.45) is 17.8 Å². The molecule has 6 rings (SSSR count). The minimum atomic E-state index is -0.688. The number of benzene rings is 2. The van der Waals surface area contributed by atoms with Gasteiger partial charge in [-0.25, -0.2) is 4.90 Å². The number of halogens is 1. The molecular weight excluding hydrogens is 518 g/mol. The molecule has 198 valence electrons. The molecule has 8 heteroatoms. The predicted octanol–water partition coefficient (Wildman–Crippen LogP) is 5.00. The van der Waals surface area contributed by atoms with E-state index in [0.29, 0.717) is 45.2 Å². The second-order valence-corrected chi connectivity index (χ2v) is 11.0. The number of phenols is 1. The van der Waals surface area contributed by atoms with E-state index < -0.39 is 23.7 Å². The maximum atomic E-state index is 14.0. The summed E-state index contributed by atoms with van der Waals surface area (Å²) in [4.78, 5) is 55.6. The molecule has 1 saturated heterocycles. The Labute approximate surface area is 230 Å². The summed E-state index contributed by atoms with van der Waals surface area (Å²) in [5.74, 6) is -3.12. The molecule has 0 spiro atoms. The smallest absolute Gasteiger partial charge is 0.238 e. The van der Waals surface area contributed by atoms with Crippen LogP contribution < -0.4 is 9.64 Å². The van der Waals surface area contributed by atoms with Crippen LogP contribution in [0.5, 0.6) is 11.5 Å². The molecule has 0 radical (unpaired) electrons. The number of methoxy groups -OCH3 is 1. The Morgan fingerprint density at radius 2 is 1.77 bits per heavy atom. The number of aryl methyl sites for hydroxylation is 1. The minimum absolute atomic E-state index is 0.000872. The van der Waals surface area contributed by atoms with Crippen LogP contribution in [0.2, 0.25) is 5.02 Å². The third kappa shape index (κ3) is 3.71. The van der Waals surface area contributed by atoms with Gasteiger partial charge in [0.05, 0.1) is 24.6 Å². The Morgan fingerprint density at radius 1 is 1.00 bits per heavy atom. The number of carbonyl (C=O) groups excluding carboxylic acids is 4. The lowest BCUT2D eigenvalue weighted by atomic mass is 9.59. The molecule has 0 aromatic heterocycles. The molecule has 4 aliphatic rings. The van der Waals surface area contributed by atoms with Crippen molar-refractivity contribution in [3.05, 3.63) is 87.0 Å². The summed E-state index contributed by atoms with van der Waals surface area (Å²) in [6.45, 7) is 3.47. The first kappa shape index (κ1) is 25.3. The highest BCUT2D eigenvalue weighted by Crippen LogP contribution is 2.56. The van der Waals surface area contributed by atoms with Crippen molar-refractivity contribution in [1.82, 2.24) is 0 Å². The van der Waals surface area contributed by atoms with Gasteiger partial charge in [0.1, 0.15) is 11.5 Å². The van der Waals surface area contributed by atoms with Crippen LogP contribution in [-0.4, -0.2) is 35.6 Å². The number of aromatic hydroxyl groups is 1. The zero-order valence-electron chi connectivity index (χ0n) is 21.7. The van der Waals surface area contributed by atoms with Crippen LogP contribution in [0, 0.1) is 24.7 Å². The molecular formula is C31H26ClNO6. The molecule has 3 aliphatic carbocycles. The average Bonchev–Trinajstić information content (AvgIpc) is 3.17. The number of allylic oxidation sites excluding steroid dienone is 6. The number of nitrogens with zero attached hydrogens (tertiary/aromatic N) is 1. The second-order valence-electron chi connectivity index (χ2n) is 10.6. The fraction of sp³-hybridized carbons (Fsp3) is 0.290. The number of anilines is 1. The van der Waals surface area contributed by atoms with Crippen molar-refractivity contribution in [3.8, 4) is 11.5 Å². The normalized spacial score (nSPS) is 26.2. The van der Waals surface area contributed by atoms with Gasteiger partial charge in [-0.15, -0.1) is 0 Å². The lowest BCUT2D eigenvalue weighted by Crippen LogP contribution is -2.40. The number of amides is 2. The van der Waals surface area contributed by atoms with Gasteiger partial charge in [0, 0.05) is 39.3 Å². The molecule has 2 aromatic rings. The summed E-state index contributed by atoms with van der Waals surface area (Å²) >= 11 is 6.33. The van der Waals surface area contributed by atoms with Gasteiger partial charge in [-0.1, -0.05) is 35.4 Å². The van der Waals surface area contributed by atoms with Crippen LogP contribution in [0.4, 0.5) is 5.69 Å². The zero-order valence-corrected chi connectivity index (χ0v) is 22.4. The molecule has 7 nitrogen and oxygen atoms in total. The number of fused-ring (bicyclic) bond motifs is 3. The molecule has 1 N–H and O–H groups in total. The largest absolute Gasteiger partial charge is 0.508 e. The van der Waals surface area contributed by atoms with Crippen LogP contribution in [0.3, 0.4) is 0 Å². The van der Waals surface area contributed by atoms with Crippen LogP contribution in [0.15, 0.2) is 70.8 Å². The van der Waals surface area contributed by atoms with Crippen molar-refractivity contribution >= 4 is 40.7 Å². The third-order valence-corrected chi connectivity index (χ3v) is 8.91. The van der Waals surface area contributed by atoms with E-state index in [4.69, 9.17) is 16.3 Å². The quantitative estimate of drug-likeness (QED) is 0.332. The van der Waals surface area contributed by atoms with Crippen molar-refractivity contribution < 1.29 is 29.0 Å². The number of ether oxygens (including phenoxy) is 1. The van der Waals surface area contributed by atoms with Gasteiger partial charge in [-0.2, -0.15) is 0 Å². The standard InChI is InChI=1S/C31H26ClNO6/c1-14-4-5-16(11-23(14)32)33-30(37)20-9-8-18-21(27(20)31(33)38)13-22-24(35)10-15(2)29(36)28(22)26(18)19-7-6-17(34)12-25(19)39-3/h4-8,10-12,20-21,26-27,34H,9,13H2,1-3H3. The first-order valence-corrected chi connectivity index (χ1v) is 13.2. The van der Waals surface area contributed by atoms with E-state index in [1.807, 2.05) is 13.0 Å². The third-order valence-electron chi connectivity index (χ3n) is 8.51. The first-order chi connectivity index (χ1) is 18.6. The Kier molecular flexibility index (Phi) is 5.88. The number of Topliss-reactive ketones (excluding diaryl/α,β-unsaturated/α-hetero) is 1. The fourth-order valence-electron chi connectivity index (χ4n) is 6.63. The summed E-state index contributed by atoms with van der Waals surface area (Å²) in [5.41, 5.74) is 3.79. The summed E-state index contributed by atoms with van der Waals surface area (Å²) < 4.78 is 5.59. The highest BCUT2D eigenvalue weighted by Gasteiger charge is 2.56. The van der Waals surface area contributed by atoms with E-state index in [2.05, 4.69) is 0 Å². The van der Waals surface area contributed by atoms with Gasteiger partial charge in [0.15, 0.2) is 11.6 Å². The number of hydrogen-bond donors (Lipinski definition) is 1. The molecule has 1 aliphatic heterocycles. The van der Waals surface area contributed by atoms with Crippen LogP contribution in [0.1, 0.15) is 36.8 Å². The number of phenolic OH excluding ortho intramolecular Hbond substituents is 1. The number of carbonyl (C=O) groups is 4. The second kappa shape index (κ2) is 9.06. The zero-order chi connectivity index (χ0) is 27.7. The van der Waals surface area contributed by atoms with Gasteiger partial charge in [0.25, 0.3) is 0 Å². The SMILES string of the molecule is COc1cc(O)ccc1C1C2=CCC3C(=O)N(c4ccc(C)c(Cl)c4)C(=O)C3C2CC2=C1C(=O)C(C)=CC2=O. The van der Waals surface area contributed by atoms with Crippen LogP contribution in [0.25, 0.3) is 0 Å². The highest BCUT2D eigenvalue weighted by atomic mass is 35.5. The molecule has 2 aromatic carbocycles. The Hall–Kier alpha value is -3.97. The molecule has 1 heterocycles. The van der Waals surface area contributed by atoms with E-state index in [9.17, 15) is 24.3 Å². The molecule has 4 unspecified atom stereocenters. The van der Waals surface area contributed by atoms with Gasteiger partial charge < -0.3 is 9.84 Å². The number of imide groups is 1. The van der Waals surface area contributed by atoms with E-state index in [-0.39, 0.29) is 35.6 Å². The number of ketones is 2. The summed E-state index contributed by atoms with van der Waals surface area (Å²) in [5, 5.41) is 10.6. The van der Waals surface area contributed by atoms with E-state index in [1.54, 1.807) is 31.2 Å². The van der Waals surface area contributed by atoms with Crippen LogP contribution >= 0.6 is 11.6 Å². The Bertz CT molecular complexity index is 1600. The van der Waals surface area contributed by atoms with Crippen LogP contribution in [-0.2, 0) is 19.2 Å². The lowest BCUT2D eigenvalue weighted by molar-refractivity contribution is -0.123. The molecule has 39 heavy (non-hydrogen) atoms. The maximum absolute atomic E-state index is 14.0. The summed E-state index contributed by atoms with van der Waals surface area (Å²) in [7, 11) is 1.47. The topological polar surface area (TPSA) is 101 Å². The fourth-order valence-corrected chi connectivity index (χ4v) is 6.81. The number of rotatable bonds is 3. The van der Waals surface area contributed by atoms with Gasteiger partial charge in [-0.05, 0) is 62.4 Å². The monoisotopic (exact) mass is 543 g/mol. The molecule has 0 bridgehead atoms. The summed E-state index contributed by atoms with van der Waals surface area (Å²) in [6.07, 6.45) is 3.82. The Morgan fingerprint density at radius 3 is 2.49 bits per heavy atom. The molecule has 1 fully saturated rings. The van der Waals surface area contributed by atoms with Crippen molar-refractivity contribution in [1.29, 1.82) is 0 Å². The van der Waals surface area contributed by atoms with E-state index in [0.717, 1.165) is 11.1 Å². The highest BCUT2D eigenvalue weighted by molar-refractivity contribution is 6.32. The minimum Gasteiger partial charge on any atom is -0.508 e. The molecule has 2 amide bonds. The maximum Gasteiger partial charge on any atom is 0.238 e. The van der Waals surface area contributed by atoms with Crippen molar-refractivity contribution in [3.63, 3.8) is 0 Å². The van der Waals surface area contributed by atoms with E-state index in [1.165, 1.54) is 30.2 Å². The average molecular weight is 544 g/mol. The first-order valence-electron chi connectivity index (χ1n) is 12.8. The van der Waals surface area contributed by atoms with Gasteiger partial charge >= 0.3 is 0 Å².